The molecule has 1 aliphatic carbocycles. The van der Waals surface area contributed by atoms with Crippen molar-refractivity contribution in [3.8, 4) is 11.3 Å². The van der Waals surface area contributed by atoms with Crippen LogP contribution < -0.4 is 10.6 Å². The molecule has 0 radical (unpaired) electrons. The van der Waals surface area contributed by atoms with Crippen molar-refractivity contribution in [3.05, 3.63) is 71.2 Å². The number of carbonyl (C=O) groups excluding carboxylic acids is 2. The minimum atomic E-state index is -0.813. The molecule has 2 N–H and O–H groups in total. The molecule has 10 heteroatoms. The first-order chi connectivity index (χ1) is 19.3. The van der Waals surface area contributed by atoms with E-state index in [1.165, 1.54) is 31.4 Å². The van der Waals surface area contributed by atoms with Gasteiger partial charge in [0, 0.05) is 43.0 Å². The molecule has 0 bridgehead atoms. The van der Waals surface area contributed by atoms with Crippen molar-refractivity contribution in [2.75, 3.05) is 13.1 Å². The lowest BCUT2D eigenvalue weighted by atomic mass is 9.86. The molecule has 3 heterocycles. The molecule has 2 aliphatic rings. The van der Waals surface area contributed by atoms with E-state index < -0.39 is 29.5 Å². The summed E-state index contributed by atoms with van der Waals surface area (Å²) in [7, 11) is 0. The van der Waals surface area contributed by atoms with Crippen molar-refractivity contribution in [2.45, 2.75) is 70.5 Å². The van der Waals surface area contributed by atoms with Crippen molar-refractivity contribution in [3.63, 3.8) is 0 Å². The lowest BCUT2D eigenvalue weighted by molar-refractivity contribution is -0.128. The first-order valence-electron chi connectivity index (χ1n) is 14.0. The largest absolute Gasteiger partial charge is 0.355 e. The van der Waals surface area contributed by atoms with Gasteiger partial charge in [0.25, 0.3) is 5.91 Å². The van der Waals surface area contributed by atoms with Crippen LogP contribution in [0.25, 0.3) is 11.3 Å². The molecule has 3 atom stereocenters. The summed E-state index contributed by atoms with van der Waals surface area (Å²) in [6.45, 7) is 5.13. The fourth-order valence-corrected chi connectivity index (χ4v) is 5.83. The molecule has 2 fully saturated rings. The number of likely N-dealkylation sites (tertiary alicyclic amines) is 1. The third-order valence-corrected chi connectivity index (χ3v) is 8.04. The molecule has 0 spiro atoms. The molecule has 1 aromatic carbocycles. The van der Waals surface area contributed by atoms with Gasteiger partial charge in [-0.2, -0.15) is 0 Å². The monoisotopic (exact) mass is 551 g/mol. The molecule has 3 aromatic rings. The molecule has 8 nitrogen and oxygen atoms in total. The lowest BCUT2D eigenvalue weighted by Crippen LogP contribution is -2.58. The van der Waals surface area contributed by atoms with E-state index in [4.69, 9.17) is 4.52 Å². The second kappa shape index (κ2) is 12.2. The summed E-state index contributed by atoms with van der Waals surface area (Å²) in [6.07, 6.45) is 6.48. The quantitative estimate of drug-likeness (QED) is 0.431. The number of benzene rings is 1. The predicted octanol–water partition coefficient (Wildman–Crippen LogP) is 4.95. The zero-order valence-corrected chi connectivity index (χ0v) is 22.8. The Bertz CT molecular complexity index is 1360. The maximum absolute atomic E-state index is 14.2. The molecule has 5 rings (SSSR count). The van der Waals surface area contributed by atoms with Crippen LogP contribution in [0.4, 0.5) is 8.78 Å². The van der Waals surface area contributed by atoms with Crippen LogP contribution in [0.15, 0.2) is 47.0 Å². The van der Waals surface area contributed by atoms with Crippen LogP contribution in [-0.2, 0) is 4.79 Å². The van der Waals surface area contributed by atoms with Crippen LogP contribution in [0.1, 0.15) is 73.4 Å². The Kier molecular flexibility index (Phi) is 8.54. The molecule has 1 saturated carbocycles. The average Bonchev–Trinajstić information content (AvgIpc) is 3.44. The van der Waals surface area contributed by atoms with E-state index in [2.05, 4.69) is 25.7 Å². The molecular weight excluding hydrogens is 516 g/mol. The molecule has 2 amide bonds. The number of carbonyl (C=O) groups is 2. The second-order valence-electron chi connectivity index (χ2n) is 10.9. The Morgan fingerprint density at radius 2 is 1.88 bits per heavy atom. The maximum atomic E-state index is 14.2. The lowest BCUT2D eigenvalue weighted by Gasteiger charge is -2.43. The normalized spacial score (nSPS) is 21.1. The van der Waals surface area contributed by atoms with Gasteiger partial charge in [0.15, 0.2) is 11.5 Å². The summed E-state index contributed by atoms with van der Waals surface area (Å²) in [4.78, 5) is 33.8. The van der Waals surface area contributed by atoms with Crippen molar-refractivity contribution >= 4 is 11.8 Å². The standard InChI is InChI=1S/C30H35F2N5O3/c1-18-7-6-10-25(33-18)19(2)34-29(38)23-17-37(21-8-4-3-5-9-21)14-13-26(23)35-30(39)27-16-28(40-36-27)22-12-11-20(31)15-24(22)32/h6-7,10-12,15-16,19,21,23,26H,3-5,8-9,13-14,17H2,1-2H3,(H,34,38)(H,35,39)/t19-,23-,26+/m1/s1. The average molecular weight is 552 g/mol. The SMILES string of the molecule is Cc1cccc([C@@H](C)NC(=O)[C@@H]2CN(C3CCCCC3)CC[C@@H]2NC(=O)c2cc(-c3ccc(F)cc3F)on2)n1. The van der Waals surface area contributed by atoms with Gasteiger partial charge in [-0.1, -0.05) is 30.5 Å². The topological polar surface area (TPSA) is 100 Å². The predicted molar refractivity (Wildman–Crippen MR) is 145 cm³/mol. The molecule has 1 aliphatic heterocycles. The molecule has 40 heavy (non-hydrogen) atoms. The summed E-state index contributed by atoms with van der Waals surface area (Å²) < 4.78 is 32.7. The highest BCUT2D eigenvalue weighted by atomic mass is 19.1. The number of amides is 2. The number of aromatic nitrogens is 2. The van der Waals surface area contributed by atoms with Crippen LogP contribution in [0, 0.1) is 24.5 Å². The first-order valence-corrected chi connectivity index (χ1v) is 14.0. The van der Waals surface area contributed by atoms with Crippen molar-refractivity contribution in [1.82, 2.24) is 25.7 Å². The van der Waals surface area contributed by atoms with Gasteiger partial charge in [-0.15, -0.1) is 0 Å². The van der Waals surface area contributed by atoms with Gasteiger partial charge in [0.05, 0.1) is 23.2 Å². The highest BCUT2D eigenvalue weighted by Crippen LogP contribution is 2.29. The third-order valence-electron chi connectivity index (χ3n) is 8.04. The van der Waals surface area contributed by atoms with Crippen molar-refractivity contribution in [2.24, 2.45) is 5.92 Å². The van der Waals surface area contributed by atoms with Gasteiger partial charge < -0.3 is 15.2 Å². The fourth-order valence-electron chi connectivity index (χ4n) is 5.83. The van der Waals surface area contributed by atoms with E-state index in [0.29, 0.717) is 19.0 Å². The van der Waals surface area contributed by atoms with Gasteiger partial charge in [-0.25, -0.2) is 8.78 Å². The number of pyridine rings is 1. The van der Waals surface area contributed by atoms with Crippen LogP contribution in [0.3, 0.4) is 0 Å². The number of halogens is 2. The van der Waals surface area contributed by atoms with Gasteiger partial charge in [-0.3, -0.25) is 19.5 Å². The third kappa shape index (κ3) is 6.38. The Morgan fingerprint density at radius 3 is 2.62 bits per heavy atom. The van der Waals surface area contributed by atoms with Crippen molar-refractivity contribution in [1.29, 1.82) is 0 Å². The van der Waals surface area contributed by atoms with E-state index in [9.17, 15) is 18.4 Å². The minimum Gasteiger partial charge on any atom is -0.355 e. The minimum absolute atomic E-state index is 0.00439. The van der Waals surface area contributed by atoms with E-state index in [-0.39, 0.29) is 29.0 Å². The zero-order valence-electron chi connectivity index (χ0n) is 22.8. The summed E-state index contributed by atoms with van der Waals surface area (Å²) in [5.41, 5.74) is 1.61. The van der Waals surface area contributed by atoms with Crippen LogP contribution in [0.2, 0.25) is 0 Å². The number of rotatable bonds is 7. The zero-order chi connectivity index (χ0) is 28.2. The highest BCUT2D eigenvalue weighted by Gasteiger charge is 2.38. The fraction of sp³-hybridized carbons (Fsp3) is 0.467. The summed E-state index contributed by atoms with van der Waals surface area (Å²) in [5.74, 6) is -2.64. The Hall–Kier alpha value is -3.66. The van der Waals surface area contributed by atoms with E-state index >= 15 is 0 Å². The van der Waals surface area contributed by atoms with E-state index in [1.807, 2.05) is 32.0 Å². The molecule has 212 valence electrons. The number of nitrogens with zero attached hydrogens (tertiary/aromatic N) is 3. The number of piperidine rings is 1. The van der Waals surface area contributed by atoms with Gasteiger partial charge in [0.1, 0.15) is 11.6 Å². The van der Waals surface area contributed by atoms with E-state index in [1.54, 1.807) is 0 Å². The molecule has 1 saturated heterocycles. The second-order valence-corrected chi connectivity index (χ2v) is 10.9. The molecule has 0 unspecified atom stereocenters. The number of aryl methyl sites for hydroxylation is 1. The van der Waals surface area contributed by atoms with E-state index in [0.717, 1.165) is 42.9 Å². The first kappa shape index (κ1) is 27.9. The Morgan fingerprint density at radius 1 is 1.07 bits per heavy atom. The van der Waals surface area contributed by atoms with Crippen LogP contribution in [-0.4, -0.2) is 52.0 Å². The summed E-state index contributed by atoms with van der Waals surface area (Å²) in [6, 6.07) is 9.85. The highest BCUT2D eigenvalue weighted by molar-refractivity contribution is 5.94. The van der Waals surface area contributed by atoms with Gasteiger partial charge in [-0.05, 0) is 57.4 Å². The smallest absolute Gasteiger partial charge is 0.273 e. The number of hydrogen-bond donors (Lipinski definition) is 2. The Balaban J connectivity index is 1.31. The molecular formula is C30H35F2N5O3. The summed E-state index contributed by atoms with van der Waals surface area (Å²) >= 11 is 0. The number of hydrogen-bond acceptors (Lipinski definition) is 6. The van der Waals surface area contributed by atoms with Gasteiger partial charge in [0.2, 0.25) is 5.91 Å². The van der Waals surface area contributed by atoms with Crippen LogP contribution >= 0.6 is 0 Å². The Labute approximate surface area is 232 Å². The van der Waals surface area contributed by atoms with Crippen LogP contribution in [0.5, 0.6) is 0 Å². The molecule has 2 aromatic heterocycles. The number of nitrogens with one attached hydrogen (secondary N) is 2. The summed E-state index contributed by atoms with van der Waals surface area (Å²) in [5, 5.41) is 9.90. The van der Waals surface area contributed by atoms with Crippen molar-refractivity contribution < 1.29 is 22.9 Å². The van der Waals surface area contributed by atoms with Gasteiger partial charge >= 0.3 is 0 Å². The maximum Gasteiger partial charge on any atom is 0.273 e.